The first-order valence-electron chi connectivity index (χ1n) is 14.7. The van der Waals surface area contributed by atoms with E-state index in [0.29, 0.717) is 28.7 Å². The Balaban J connectivity index is 1.53. The van der Waals surface area contributed by atoms with E-state index in [1.54, 1.807) is 12.1 Å². The minimum atomic E-state index is -4.16. The van der Waals surface area contributed by atoms with Crippen LogP contribution in [0.2, 0.25) is 0 Å². The summed E-state index contributed by atoms with van der Waals surface area (Å²) in [7, 11) is -4.16. The molecule has 1 spiro atoms. The van der Waals surface area contributed by atoms with Crippen LogP contribution in [0, 0.1) is 25.2 Å². The van der Waals surface area contributed by atoms with Crippen LogP contribution in [-0.4, -0.2) is 53.0 Å². The van der Waals surface area contributed by atoms with Crippen molar-refractivity contribution in [3.63, 3.8) is 0 Å². The molecule has 1 aliphatic heterocycles. The SMILES string of the molecule is Cc1cccc(C)c1-c1nc2nc(c1CO)OC[C@@H](CC(C)C)N(C1CC3(CC3)C1)C(=O)c1cccc(c1)S(=O)(=O)N2. The highest BCUT2D eigenvalue weighted by molar-refractivity contribution is 7.92. The van der Waals surface area contributed by atoms with E-state index in [1.165, 1.54) is 25.0 Å². The third-order valence-electron chi connectivity index (χ3n) is 8.93. The van der Waals surface area contributed by atoms with Gasteiger partial charge in [-0.15, -0.1) is 0 Å². The number of hydrogen-bond donors (Lipinski definition) is 2. The molecule has 1 atom stereocenters. The van der Waals surface area contributed by atoms with Gasteiger partial charge in [-0.3, -0.25) is 4.79 Å². The number of carbonyl (C=O) groups excluding carboxylic acids is 1. The number of nitrogens with one attached hydrogen (secondary N) is 1. The number of anilines is 1. The summed E-state index contributed by atoms with van der Waals surface area (Å²) in [5.41, 5.74) is 4.07. The third kappa shape index (κ3) is 5.26. The average molecular weight is 591 g/mol. The molecule has 6 rings (SSSR count). The lowest BCUT2D eigenvalue weighted by Gasteiger charge is -2.47. The fourth-order valence-electron chi connectivity index (χ4n) is 6.62. The standard InChI is InChI=1S/C32H38N4O5S/c1-19(2)13-23-18-41-29-26(17-37)28(27-20(3)7-5-8-21(27)4)33-31(34-29)35-42(39,40)25-10-6-9-22(14-25)30(38)36(23)24-15-32(16-24)11-12-32/h5-10,14,19,23-24,37H,11-13,15-18H2,1-4H3,(H,33,34,35)/t23-/m1/s1. The Hall–Kier alpha value is -3.50. The molecule has 2 saturated carbocycles. The van der Waals surface area contributed by atoms with Crippen molar-refractivity contribution in [2.24, 2.45) is 11.3 Å². The molecule has 2 aliphatic carbocycles. The van der Waals surface area contributed by atoms with Crippen molar-refractivity contribution in [1.29, 1.82) is 0 Å². The van der Waals surface area contributed by atoms with Gasteiger partial charge in [-0.25, -0.2) is 18.1 Å². The topological polar surface area (TPSA) is 122 Å². The number of benzene rings is 2. The number of amides is 1. The quantitative estimate of drug-likeness (QED) is 0.417. The van der Waals surface area contributed by atoms with E-state index in [1.807, 2.05) is 36.9 Å². The lowest BCUT2D eigenvalue weighted by Crippen LogP contribution is -2.55. The molecule has 1 amide bonds. The summed E-state index contributed by atoms with van der Waals surface area (Å²) >= 11 is 0. The molecule has 0 unspecified atom stereocenters. The Bertz CT molecular complexity index is 1620. The highest BCUT2D eigenvalue weighted by Gasteiger charge is 2.56. The molecule has 2 heterocycles. The van der Waals surface area contributed by atoms with Crippen LogP contribution in [0.15, 0.2) is 47.4 Å². The number of nitrogens with zero attached hydrogens (tertiary/aromatic N) is 3. The number of fused-ring (bicyclic) bond motifs is 4. The van der Waals surface area contributed by atoms with Gasteiger partial charge < -0.3 is 14.7 Å². The van der Waals surface area contributed by atoms with E-state index in [4.69, 9.17) is 4.74 Å². The molecule has 2 fully saturated rings. The molecule has 9 nitrogen and oxygen atoms in total. The van der Waals surface area contributed by atoms with Crippen molar-refractivity contribution in [1.82, 2.24) is 14.9 Å². The Morgan fingerprint density at radius 3 is 2.43 bits per heavy atom. The Labute approximate surface area is 247 Å². The number of aliphatic hydroxyl groups is 1. The van der Waals surface area contributed by atoms with Crippen molar-refractivity contribution in [2.45, 2.75) is 83.4 Å². The van der Waals surface area contributed by atoms with Gasteiger partial charge in [0, 0.05) is 17.2 Å². The Kier molecular flexibility index (Phi) is 7.25. The first-order valence-corrected chi connectivity index (χ1v) is 16.2. The molecular formula is C32H38N4O5S. The number of carbonyl (C=O) groups is 1. The van der Waals surface area contributed by atoms with Crippen LogP contribution in [0.4, 0.5) is 5.95 Å². The fraction of sp³-hybridized carbons (Fsp3) is 0.469. The number of aryl methyl sites for hydroxylation is 2. The molecular weight excluding hydrogens is 552 g/mol. The van der Waals surface area contributed by atoms with E-state index in [0.717, 1.165) is 29.5 Å². The molecule has 1 aromatic heterocycles. The summed E-state index contributed by atoms with van der Waals surface area (Å²) in [6.45, 7) is 7.86. The molecule has 0 saturated heterocycles. The molecule has 10 heteroatoms. The van der Waals surface area contributed by atoms with Crippen LogP contribution in [0.25, 0.3) is 11.3 Å². The van der Waals surface area contributed by atoms with Gasteiger partial charge >= 0.3 is 0 Å². The van der Waals surface area contributed by atoms with E-state index < -0.39 is 16.6 Å². The summed E-state index contributed by atoms with van der Waals surface area (Å²) < 4.78 is 36.1. The van der Waals surface area contributed by atoms with Crippen LogP contribution in [0.1, 0.15) is 73.0 Å². The van der Waals surface area contributed by atoms with Crippen LogP contribution in [0.5, 0.6) is 5.88 Å². The van der Waals surface area contributed by atoms with Gasteiger partial charge in [-0.2, -0.15) is 4.98 Å². The zero-order valence-electron chi connectivity index (χ0n) is 24.6. The predicted molar refractivity (Wildman–Crippen MR) is 160 cm³/mol. The van der Waals surface area contributed by atoms with Gasteiger partial charge in [0.25, 0.3) is 15.9 Å². The average Bonchev–Trinajstić information content (AvgIpc) is 3.72. The third-order valence-corrected chi connectivity index (χ3v) is 10.3. The minimum Gasteiger partial charge on any atom is -0.475 e. The predicted octanol–water partition coefficient (Wildman–Crippen LogP) is 5.25. The maximum atomic E-state index is 14.2. The number of rotatable bonds is 5. The van der Waals surface area contributed by atoms with Crippen molar-refractivity contribution in [3.05, 3.63) is 64.7 Å². The summed E-state index contributed by atoms with van der Waals surface area (Å²) in [5, 5.41) is 10.6. The maximum absolute atomic E-state index is 14.2. The van der Waals surface area contributed by atoms with Gasteiger partial charge in [-0.1, -0.05) is 38.1 Å². The summed E-state index contributed by atoms with van der Waals surface area (Å²) in [4.78, 5) is 25.2. The second-order valence-corrected chi connectivity index (χ2v) is 14.3. The van der Waals surface area contributed by atoms with E-state index in [-0.39, 0.29) is 47.2 Å². The highest BCUT2D eigenvalue weighted by atomic mass is 32.2. The van der Waals surface area contributed by atoms with Crippen molar-refractivity contribution in [3.8, 4) is 17.1 Å². The summed E-state index contributed by atoms with van der Waals surface area (Å²) in [5.74, 6) is 0.0128. The van der Waals surface area contributed by atoms with Gasteiger partial charge in [-0.05, 0) is 86.6 Å². The van der Waals surface area contributed by atoms with Crippen LogP contribution in [0.3, 0.4) is 0 Å². The Morgan fingerprint density at radius 1 is 1.10 bits per heavy atom. The zero-order valence-corrected chi connectivity index (χ0v) is 25.4. The second-order valence-electron chi connectivity index (χ2n) is 12.6. The van der Waals surface area contributed by atoms with Crippen LogP contribution >= 0.6 is 0 Å². The first kappa shape index (κ1) is 28.6. The molecule has 0 radical (unpaired) electrons. The normalized spacial score (nSPS) is 21.0. The summed E-state index contributed by atoms with van der Waals surface area (Å²) in [6, 6.07) is 11.8. The second kappa shape index (κ2) is 10.6. The monoisotopic (exact) mass is 590 g/mol. The lowest BCUT2D eigenvalue weighted by atomic mass is 9.75. The molecule has 3 aliphatic rings. The molecule has 42 heavy (non-hydrogen) atoms. The number of sulfonamides is 1. The Morgan fingerprint density at radius 2 is 1.79 bits per heavy atom. The van der Waals surface area contributed by atoms with Gasteiger partial charge in [0.2, 0.25) is 11.8 Å². The maximum Gasteiger partial charge on any atom is 0.264 e. The van der Waals surface area contributed by atoms with Crippen LogP contribution in [-0.2, 0) is 16.6 Å². The van der Waals surface area contributed by atoms with Crippen molar-refractivity contribution < 1.29 is 23.1 Å². The fourth-order valence-corrected chi connectivity index (χ4v) is 7.61. The molecule has 3 aromatic rings. The van der Waals surface area contributed by atoms with Gasteiger partial charge in [0.1, 0.15) is 6.61 Å². The van der Waals surface area contributed by atoms with Crippen molar-refractivity contribution in [2.75, 3.05) is 11.3 Å². The molecule has 2 N–H and O–H groups in total. The number of hydrogen-bond acceptors (Lipinski definition) is 7. The van der Waals surface area contributed by atoms with Crippen LogP contribution < -0.4 is 9.46 Å². The smallest absolute Gasteiger partial charge is 0.264 e. The highest BCUT2D eigenvalue weighted by Crippen LogP contribution is 2.62. The number of aliphatic hydroxyl groups excluding tert-OH is 1. The van der Waals surface area contributed by atoms with Crippen molar-refractivity contribution >= 4 is 21.9 Å². The van der Waals surface area contributed by atoms with E-state index in [2.05, 4.69) is 28.5 Å². The molecule has 4 bridgehead atoms. The molecule has 2 aromatic carbocycles. The minimum absolute atomic E-state index is 0.0499. The largest absolute Gasteiger partial charge is 0.475 e. The number of aromatic nitrogens is 2. The van der Waals surface area contributed by atoms with E-state index >= 15 is 0 Å². The first-order chi connectivity index (χ1) is 20.0. The summed E-state index contributed by atoms with van der Waals surface area (Å²) in [6.07, 6.45) is 4.98. The number of ether oxygens (including phenoxy) is 1. The van der Waals surface area contributed by atoms with Gasteiger partial charge in [0.05, 0.1) is 28.8 Å². The molecule has 222 valence electrons. The van der Waals surface area contributed by atoms with Gasteiger partial charge in [0.15, 0.2) is 0 Å². The van der Waals surface area contributed by atoms with E-state index in [9.17, 15) is 18.3 Å². The zero-order chi connectivity index (χ0) is 29.8. The lowest BCUT2D eigenvalue weighted by molar-refractivity contribution is 0.00898.